The van der Waals surface area contributed by atoms with Crippen LogP contribution in [0.5, 0.6) is 0 Å². The Bertz CT molecular complexity index is 568. The van der Waals surface area contributed by atoms with Crippen molar-refractivity contribution < 1.29 is 12.8 Å². The fourth-order valence-corrected chi connectivity index (χ4v) is 3.42. The molecule has 0 heterocycles. The lowest BCUT2D eigenvalue weighted by molar-refractivity contribution is 0.550. The van der Waals surface area contributed by atoms with Crippen LogP contribution in [0.3, 0.4) is 0 Å². The molecule has 1 rings (SSSR count). The molecule has 0 bridgehead atoms. The van der Waals surface area contributed by atoms with Crippen molar-refractivity contribution in [2.45, 2.75) is 39.0 Å². The molecule has 108 valence electrons. The number of aryl methyl sites for hydroxylation is 1. The molecule has 0 radical (unpaired) electrons. The molecule has 0 atom stereocenters. The number of benzene rings is 1. The van der Waals surface area contributed by atoms with E-state index in [4.69, 9.17) is 5.73 Å². The smallest absolute Gasteiger partial charge is 0.241 e. The van der Waals surface area contributed by atoms with Crippen LogP contribution in [0.4, 0.5) is 10.1 Å². The summed E-state index contributed by atoms with van der Waals surface area (Å²) in [5.41, 5.74) is 6.06. The molecule has 0 unspecified atom stereocenters. The maximum Gasteiger partial charge on any atom is 0.241 e. The van der Waals surface area contributed by atoms with E-state index in [0.717, 1.165) is 12.5 Å². The van der Waals surface area contributed by atoms with Gasteiger partial charge in [-0.25, -0.2) is 17.5 Å². The lowest BCUT2D eigenvalue weighted by Crippen LogP contribution is -2.27. The van der Waals surface area contributed by atoms with E-state index >= 15 is 0 Å². The van der Waals surface area contributed by atoms with Crippen molar-refractivity contribution in [3.63, 3.8) is 0 Å². The standard InChI is InChI=1S/C13H21FN2O2S/c1-8(2)5-6-16-19(17,18)13-9(3)7-11(14)12(15)10(13)4/h7-8,16H,5-6,15H2,1-4H3. The molecule has 0 aliphatic rings. The Morgan fingerprint density at radius 1 is 1.37 bits per heavy atom. The van der Waals surface area contributed by atoms with Gasteiger partial charge in [-0.05, 0) is 43.4 Å². The van der Waals surface area contributed by atoms with Crippen LogP contribution in [-0.2, 0) is 10.0 Å². The highest BCUT2D eigenvalue weighted by molar-refractivity contribution is 7.89. The molecular formula is C13H21FN2O2S. The van der Waals surface area contributed by atoms with Crippen molar-refractivity contribution in [1.82, 2.24) is 4.72 Å². The minimum atomic E-state index is -3.65. The lowest BCUT2D eigenvalue weighted by Gasteiger charge is -2.15. The van der Waals surface area contributed by atoms with Gasteiger partial charge in [-0.2, -0.15) is 0 Å². The van der Waals surface area contributed by atoms with E-state index in [9.17, 15) is 12.8 Å². The van der Waals surface area contributed by atoms with E-state index in [2.05, 4.69) is 4.72 Å². The van der Waals surface area contributed by atoms with Crippen molar-refractivity contribution in [3.8, 4) is 0 Å². The zero-order valence-corrected chi connectivity index (χ0v) is 12.6. The molecule has 1 aromatic carbocycles. The zero-order chi connectivity index (χ0) is 14.8. The van der Waals surface area contributed by atoms with Gasteiger partial charge in [0.2, 0.25) is 10.0 Å². The van der Waals surface area contributed by atoms with Gasteiger partial charge < -0.3 is 5.73 Å². The number of rotatable bonds is 5. The molecule has 0 saturated carbocycles. The molecule has 0 fully saturated rings. The van der Waals surface area contributed by atoms with E-state index in [1.54, 1.807) is 6.92 Å². The number of anilines is 1. The predicted octanol–water partition coefficient (Wildman–Crippen LogP) is 2.35. The van der Waals surface area contributed by atoms with Crippen molar-refractivity contribution >= 4 is 15.7 Å². The van der Waals surface area contributed by atoms with E-state index < -0.39 is 15.8 Å². The van der Waals surface area contributed by atoms with E-state index in [1.165, 1.54) is 6.92 Å². The highest BCUT2D eigenvalue weighted by Crippen LogP contribution is 2.27. The number of nitrogen functional groups attached to an aromatic ring is 1. The Morgan fingerprint density at radius 3 is 2.47 bits per heavy atom. The second-order valence-corrected chi connectivity index (χ2v) is 6.83. The number of halogens is 1. The Kier molecular flexibility index (Phi) is 4.92. The molecule has 0 saturated heterocycles. The topological polar surface area (TPSA) is 72.2 Å². The molecule has 0 amide bonds. The van der Waals surface area contributed by atoms with Crippen LogP contribution in [-0.4, -0.2) is 15.0 Å². The first-order chi connectivity index (χ1) is 8.66. The van der Waals surface area contributed by atoms with E-state index in [0.29, 0.717) is 18.0 Å². The van der Waals surface area contributed by atoms with Gasteiger partial charge in [-0.3, -0.25) is 0 Å². The highest BCUT2D eigenvalue weighted by atomic mass is 32.2. The lowest BCUT2D eigenvalue weighted by atomic mass is 10.1. The normalized spacial score (nSPS) is 12.1. The minimum Gasteiger partial charge on any atom is -0.396 e. The van der Waals surface area contributed by atoms with Gasteiger partial charge in [0.25, 0.3) is 0 Å². The molecule has 19 heavy (non-hydrogen) atoms. The van der Waals surface area contributed by atoms with E-state index in [1.807, 2.05) is 13.8 Å². The SMILES string of the molecule is Cc1cc(F)c(N)c(C)c1S(=O)(=O)NCCC(C)C. The molecule has 0 aliphatic heterocycles. The summed E-state index contributed by atoms with van der Waals surface area (Å²) in [4.78, 5) is 0.0788. The van der Waals surface area contributed by atoms with Crippen molar-refractivity contribution in [2.24, 2.45) is 5.92 Å². The van der Waals surface area contributed by atoms with Crippen LogP contribution in [0.2, 0.25) is 0 Å². The van der Waals surface area contributed by atoms with Crippen LogP contribution < -0.4 is 10.5 Å². The Morgan fingerprint density at radius 2 is 1.95 bits per heavy atom. The molecule has 0 aliphatic carbocycles. The summed E-state index contributed by atoms with van der Waals surface area (Å²) in [6.07, 6.45) is 0.744. The minimum absolute atomic E-state index is 0.0788. The molecular weight excluding hydrogens is 267 g/mol. The van der Waals surface area contributed by atoms with Crippen LogP contribution in [0, 0.1) is 25.6 Å². The molecule has 4 nitrogen and oxygen atoms in total. The first-order valence-electron chi connectivity index (χ1n) is 6.21. The van der Waals surface area contributed by atoms with Crippen molar-refractivity contribution in [2.75, 3.05) is 12.3 Å². The third-order valence-electron chi connectivity index (χ3n) is 2.99. The van der Waals surface area contributed by atoms with Gasteiger partial charge >= 0.3 is 0 Å². The van der Waals surface area contributed by atoms with Gasteiger partial charge in [0, 0.05) is 6.54 Å². The number of hydrogen-bond donors (Lipinski definition) is 2. The Labute approximate surface area is 114 Å². The summed E-state index contributed by atoms with van der Waals surface area (Å²) in [5, 5.41) is 0. The predicted molar refractivity (Wildman–Crippen MR) is 74.9 cm³/mol. The van der Waals surface area contributed by atoms with E-state index in [-0.39, 0.29) is 16.1 Å². The van der Waals surface area contributed by atoms with Gasteiger partial charge in [0.05, 0.1) is 10.6 Å². The van der Waals surface area contributed by atoms with Crippen LogP contribution in [0.25, 0.3) is 0 Å². The number of nitrogens with one attached hydrogen (secondary N) is 1. The van der Waals surface area contributed by atoms with Gasteiger partial charge in [0.1, 0.15) is 5.82 Å². The van der Waals surface area contributed by atoms with Crippen molar-refractivity contribution in [3.05, 3.63) is 23.0 Å². The van der Waals surface area contributed by atoms with Crippen LogP contribution in [0.15, 0.2) is 11.0 Å². The van der Waals surface area contributed by atoms with Gasteiger partial charge in [0.15, 0.2) is 0 Å². The maximum absolute atomic E-state index is 13.4. The Balaban J connectivity index is 3.12. The largest absolute Gasteiger partial charge is 0.396 e. The average molecular weight is 288 g/mol. The average Bonchev–Trinajstić information content (AvgIpc) is 2.24. The summed E-state index contributed by atoms with van der Waals surface area (Å²) >= 11 is 0. The first-order valence-corrected chi connectivity index (χ1v) is 7.70. The second-order valence-electron chi connectivity index (χ2n) is 5.12. The highest BCUT2D eigenvalue weighted by Gasteiger charge is 2.22. The van der Waals surface area contributed by atoms with Crippen LogP contribution in [0.1, 0.15) is 31.4 Å². The maximum atomic E-state index is 13.4. The van der Waals surface area contributed by atoms with Crippen LogP contribution >= 0.6 is 0 Å². The van der Waals surface area contributed by atoms with Gasteiger partial charge in [-0.1, -0.05) is 13.8 Å². The summed E-state index contributed by atoms with van der Waals surface area (Å²) in [7, 11) is -3.65. The third-order valence-corrected chi connectivity index (χ3v) is 4.74. The van der Waals surface area contributed by atoms with Crippen molar-refractivity contribution in [1.29, 1.82) is 0 Å². The summed E-state index contributed by atoms with van der Waals surface area (Å²) < 4.78 is 40.4. The molecule has 3 N–H and O–H groups in total. The monoisotopic (exact) mass is 288 g/mol. The third kappa shape index (κ3) is 3.67. The summed E-state index contributed by atoms with van der Waals surface area (Å²) in [6.45, 7) is 7.46. The summed E-state index contributed by atoms with van der Waals surface area (Å²) in [5.74, 6) is -0.181. The first kappa shape index (κ1) is 15.9. The fraction of sp³-hybridized carbons (Fsp3) is 0.538. The fourth-order valence-electron chi connectivity index (χ4n) is 1.90. The number of hydrogen-bond acceptors (Lipinski definition) is 3. The zero-order valence-electron chi connectivity index (χ0n) is 11.7. The second kappa shape index (κ2) is 5.88. The molecule has 0 aromatic heterocycles. The molecule has 0 spiro atoms. The number of sulfonamides is 1. The quantitative estimate of drug-likeness (QED) is 0.817. The molecule has 6 heteroatoms. The molecule has 1 aromatic rings. The Hall–Kier alpha value is -1.14. The summed E-state index contributed by atoms with van der Waals surface area (Å²) in [6, 6.07) is 1.15. The number of nitrogens with two attached hydrogens (primary N) is 1. The van der Waals surface area contributed by atoms with Gasteiger partial charge in [-0.15, -0.1) is 0 Å².